The number of rotatable bonds is 2. The van der Waals surface area contributed by atoms with Crippen molar-refractivity contribution < 1.29 is 0 Å². The van der Waals surface area contributed by atoms with E-state index in [9.17, 15) is 0 Å². The first-order chi connectivity index (χ1) is 11.3. The number of benzene rings is 2. The molecule has 0 aliphatic heterocycles. The van der Waals surface area contributed by atoms with E-state index in [1.54, 1.807) is 5.57 Å². The molecule has 0 atom stereocenters. The number of hydrogen-bond donors (Lipinski definition) is 0. The molecule has 0 unspecified atom stereocenters. The zero-order chi connectivity index (χ0) is 15.6. The monoisotopic (exact) mass is 322 g/mol. The standard InChI is InChI=1S/C22H23Cl/c23-22-13-11-18(12-14-22)17-5-7-19(8-6-17)21-10-9-16-3-1-2-4-20(16)15-21/h1-4,11-15,17,19H,5-10H2. The molecule has 2 aliphatic carbocycles. The number of halogens is 1. The van der Waals surface area contributed by atoms with Gasteiger partial charge in [0.2, 0.25) is 0 Å². The topological polar surface area (TPSA) is 0 Å². The lowest BCUT2D eigenvalue weighted by Gasteiger charge is -2.32. The molecule has 1 fully saturated rings. The van der Waals surface area contributed by atoms with Gasteiger partial charge in [0.25, 0.3) is 0 Å². The van der Waals surface area contributed by atoms with Gasteiger partial charge in [-0.2, -0.15) is 0 Å². The van der Waals surface area contributed by atoms with Crippen molar-refractivity contribution >= 4 is 17.7 Å². The van der Waals surface area contributed by atoms with Crippen molar-refractivity contribution in [3.05, 3.63) is 75.8 Å². The van der Waals surface area contributed by atoms with Gasteiger partial charge in [0, 0.05) is 5.02 Å². The molecular formula is C22H23Cl. The van der Waals surface area contributed by atoms with Gasteiger partial charge in [-0.15, -0.1) is 0 Å². The molecule has 1 saturated carbocycles. The molecule has 0 aromatic heterocycles. The molecule has 23 heavy (non-hydrogen) atoms. The SMILES string of the molecule is Clc1ccc(C2CCC(C3=Cc4ccccc4CC3)CC2)cc1. The third-order valence-electron chi connectivity index (χ3n) is 5.67. The van der Waals surface area contributed by atoms with Gasteiger partial charge in [0.1, 0.15) is 0 Å². The number of hydrogen-bond acceptors (Lipinski definition) is 0. The van der Waals surface area contributed by atoms with Crippen LogP contribution in [0.3, 0.4) is 0 Å². The van der Waals surface area contributed by atoms with Gasteiger partial charge in [-0.1, -0.05) is 59.6 Å². The average molecular weight is 323 g/mol. The van der Waals surface area contributed by atoms with Crippen LogP contribution in [0.5, 0.6) is 0 Å². The summed E-state index contributed by atoms with van der Waals surface area (Å²) in [6, 6.07) is 17.4. The molecule has 0 heterocycles. The highest BCUT2D eigenvalue weighted by molar-refractivity contribution is 6.30. The maximum atomic E-state index is 6.01. The minimum Gasteiger partial charge on any atom is -0.0843 e. The van der Waals surface area contributed by atoms with E-state index in [0.717, 1.165) is 16.9 Å². The molecule has 4 rings (SSSR count). The molecular weight excluding hydrogens is 300 g/mol. The van der Waals surface area contributed by atoms with Gasteiger partial charge < -0.3 is 0 Å². The van der Waals surface area contributed by atoms with E-state index in [1.165, 1.54) is 55.2 Å². The summed E-state index contributed by atoms with van der Waals surface area (Å²) < 4.78 is 0. The van der Waals surface area contributed by atoms with Crippen LogP contribution in [0.25, 0.3) is 6.08 Å². The van der Waals surface area contributed by atoms with Crippen LogP contribution in [0.1, 0.15) is 54.7 Å². The predicted octanol–water partition coefficient (Wildman–Crippen LogP) is 6.64. The summed E-state index contributed by atoms with van der Waals surface area (Å²) in [6.07, 6.45) is 10.2. The van der Waals surface area contributed by atoms with Crippen LogP contribution in [-0.2, 0) is 6.42 Å². The summed E-state index contributed by atoms with van der Waals surface area (Å²) in [5, 5.41) is 0.841. The van der Waals surface area contributed by atoms with Crippen molar-refractivity contribution in [2.45, 2.75) is 44.4 Å². The second-order valence-corrected chi connectivity index (χ2v) is 7.45. The second kappa shape index (κ2) is 6.53. The summed E-state index contributed by atoms with van der Waals surface area (Å²) in [5.74, 6) is 1.52. The molecule has 2 aliphatic rings. The highest BCUT2D eigenvalue weighted by Gasteiger charge is 2.25. The quantitative estimate of drug-likeness (QED) is 0.581. The molecule has 0 saturated heterocycles. The van der Waals surface area contributed by atoms with Crippen molar-refractivity contribution in [2.24, 2.45) is 5.92 Å². The van der Waals surface area contributed by atoms with Crippen molar-refractivity contribution in [2.75, 3.05) is 0 Å². The van der Waals surface area contributed by atoms with Gasteiger partial charge in [-0.3, -0.25) is 0 Å². The smallest absolute Gasteiger partial charge is 0.0406 e. The summed E-state index contributed by atoms with van der Waals surface area (Å²) >= 11 is 6.01. The third-order valence-corrected chi connectivity index (χ3v) is 5.92. The Morgan fingerprint density at radius 2 is 1.43 bits per heavy atom. The summed E-state index contributed by atoms with van der Waals surface area (Å²) in [7, 11) is 0. The molecule has 2 aromatic carbocycles. The molecule has 1 heteroatoms. The van der Waals surface area contributed by atoms with Crippen LogP contribution >= 0.6 is 11.6 Å². The molecule has 0 spiro atoms. The predicted molar refractivity (Wildman–Crippen MR) is 98.9 cm³/mol. The zero-order valence-electron chi connectivity index (χ0n) is 13.5. The van der Waals surface area contributed by atoms with Crippen molar-refractivity contribution in [3.8, 4) is 0 Å². The van der Waals surface area contributed by atoms with Crippen molar-refractivity contribution in [1.29, 1.82) is 0 Å². The highest BCUT2D eigenvalue weighted by Crippen LogP contribution is 2.41. The number of aryl methyl sites for hydroxylation is 1. The average Bonchev–Trinajstić information content (AvgIpc) is 2.62. The van der Waals surface area contributed by atoms with Crippen molar-refractivity contribution in [1.82, 2.24) is 0 Å². The molecule has 0 radical (unpaired) electrons. The Balaban J connectivity index is 1.44. The van der Waals surface area contributed by atoms with E-state index in [0.29, 0.717) is 0 Å². The van der Waals surface area contributed by atoms with Gasteiger partial charge in [-0.05, 0) is 79.2 Å². The molecule has 2 aromatic rings. The Hall–Kier alpha value is -1.53. The largest absolute Gasteiger partial charge is 0.0843 e. The maximum Gasteiger partial charge on any atom is 0.0406 e. The van der Waals surface area contributed by atoms with Gasteiger partial charge in [-0.25, -0.2) is 0 Å². The van der Waals surface area contributed by atoms with Gasteiger partial charge in [0.15, 0.2) is 0 Å². The Morgan fingerprint density at radius 3 is 2.22 bits per heavy atom. The zero-order valence-corrected chi connectivity index (χ0v) is 14.2. The fourth-order valence-corrected chi connectivity index (χ4v) is 4.43. The summed E-state index contributed by atoms with van der Waals surface area (Å²) in [4.78, 5) is 0. The van der Waals surface area contributed by atoms with Crippen LogP contribution < -0.4 is 0 Å². The Bertz CT molecular complexity index is 703. The van der Waals surface area contributed by atoms with Crippen molar-refractivity contribution in [3.63, 3.8) is 0 Å². The van der Waals surface area contributed by atoms with E-state index in [4.69, 9.17) is 11.6 Å². The lowest BCUT2D eigenvalue weighted by Crippen LogP contribution is -2.17. The van der Waals surface area contributed by atoms with Crippen LogP contribution in [0, 0.1) is 5.92 Å². The van der Waals surface area contributed by atoms with Gasteiger partial charge in [0.05, 0.1) is 0 Å². The normalized spacial score (nSPS) is 24.0. The van der Waals surface area contributed by atoms with E-state index >= 15 is 0 Å². The van der Waals surface area contributed by atoms with E-state index in [2.05, 4.69) is 42.5 Å². The van der Waals surface area contributed by atoms with E-state index < -0.39 is 0 Å². The molecule has 0 amide bonds. The minimum absolute atomic E-state index is 0.722. The summed E-state index contributed by atoms with van der Waals surface area (Å²) in [6.45, 7) is 0. The minimum atomic E-state index is 0.722. The van der Waals surface area contributed by atoms with Crippen LogP contribution in [-0.4, -0.2) is 0 Å². The van der Waals surface area contributed by atoms with Crippen LogP contribution in [0.2, 0.25) is 5.02 Å². The molecule has 0 N–H and O–H groups in total. The third kappa shape index (κ3) is 3.23. The van der Waals surface area contributed by atoms with Crippen LogP contribution in [0.4, 0.5) is 0 Å². The van der Waals surface area contributed by atoms with Crippen LogP contribution in [0.15, 0.2) is 54.1 Å². The first-order valence-electron chi connectivity index (χ1n) is 8.83. The van der Waals surface area contributed by atoms with E-state index in [1.807, 2.05) is 12.1 Å². The van der Waals surface area contributed by atoms with Gasteiger partial charge >= 0.3 is 0 Å². The summed E-state index contributed by atoms with van der Waals surface area (Å²) in [5.41, 5.74) is 6.13. The molecule has 0 nitrogen and oxygen atoms in total. The van der Waals surface area contributed by atoms with E-state index in [-0.39, 0.29) is 0 Å². The molecule has 0 bridgehead atoms. The fraction of sp³-hybridized carbons (Fsp3) is 0.364. The first kappa shape index (κ1) is 15.0. The lowest BCUT2D eigenvalue weighted by molar-refractivity contribution is 0.357. The Labute approximate surface area is 144 Å². The number of fused-ring (bicyclic) bond motifs is 1. The lowest BCUT2D eigenvalue weighted by atomic mass is 9.73. The highest BCUT2D eigenvalue weighted by atomic mass is 35.5. The molecule has 118 valence electrons. The Kier molecular flexibility index (Phi) is 4.27. The first-order valence-corrected chi connectivity index (χ1v) is 9.21. The Morgan fingerprint density at radius 1 is 0.739 bits per heavy atom. The number of allylic oxidation sites excluding steroid dienone is 1. The fourth-order valence-electron chi connectivity index (χ4n) is 4.31. The second-order valence-electron chi connectivity index (χ2n) is 7.02. The maximum absolute atomic E-state index is 6.01.